The average Bonchev–Trinajstić information content (AvgIpc) is 1.92. The third-order valence-corrected chi connectivity index (χ3v) is 3.38. The van der Waals surface area contributed by atoms with Crippen molar-refractivity contribution in [1.82, 2.24) is 7.84 Å². The van der Waals surface area contributed by atoms with E-state index in [1.165, 1.54) is 0 Å². The average molecular weight is 332 g/mol. The predicted molar refractivity (Wildman–Crippen MR) is 61.3 cm³/mol. The lowest BCUT2D eigenvalue weighted by atomic mass is 9.97. The van der Waals surface area contributed by atoms with E-state index in [2.05, 4.69) is 26.0 Å². The van der Waals surface area contributed by atoms with Crippen molar-refractivity contribution in [2.45, 2.75) is 12.8 Å². The highest BCUT2D eigenvalue weighted by atomic mass is 127. The molecular formula is C7H13IN2O3S. The van der Waals surface area contributed by atoms with Crippen LogP contribution in [-0.4, -0.2) is 36.8 Å². The van der Waals surface area contributed by atoms with E-state index >= 15 is 0 Å². The summed E-state index contributed by atoms with van der Waals surface area (Å²) in [5.41, 5.74) is 0. The zero-order chi connectivity index (χ0) is 10.8. The molecule has 0 aromatic carbocycles. The van der Waals surface area contributed by atoms with Crippen LogP contribution in [0.1, 0.15) is 12.8 Å². The van der Waals surface area contributed by atoms with Crippen molar-refractivity contribution in [2.24, 2.45) is 5.92 Å². The molecule has 1 saturated heterocycles. The minimum atomic E-state index is -3.38. The topological polar surface area (TPSA) is 66.5 Å². The van der Waals surface area contributed by atoms with Gasteiger partial charge in [0.2, 0.25) is 15.9 Å². The Morgan fingerprint density at radius 2 is 2.14 bits per heavy atom. The van der Waals surface area contributed by atoms with Gasteiger partial charge in [0.1, 0.15) is 0 Å². The molecule has 1 rings (SSSR count). The molecule has 0 unspecified atom stereocenters. The molecule has 0 bridgehead atoms. The van der Waals surface area contributed by atoms with E-state index in [1.54, 1.807) is 0 Å². The number of halogens is 1. The molecule has 1 fully saturated rings. The molecule has 7 heteroatoms. The largest absolute Gasteiger partial charge is 0.274 e. The summed E-state index contributed by atoms with van der Waals surface area (Å²) in [4.78, 5) is 11.1. The second-order valence-electron chi connectivity index (χ2n) is 3.53. The van der Waals surface area contributed by atoms with E-state index in [1.807, 2.05) is 4.72 Å². The fraction of sp³-hybridized carbons (Fsp3) is 0.857. The number of carbonyl (C=O) groups excluding carboxylic acids is 1. The third-order valence-electron chi connectivity index (χ3n) is 1.99. The highest BCUT2D eigenvalue weighted by Gasteiger charge is 2.25. The van der Waals surface area contributed by atoms with Gasteiger partial charge >= 0.3 is 0 Å². The van der Waals surface area contributed by atoms with Gasteiger partial charge in [0.05, 0.1) is 6.26 Å². The molecule has 1 aliphatic rings. The first-order chi connectivity index (χ1) is 6.37. The summed E-state index contributed by atoms with van der Waals surface area (Å²) < 4.78 is 25.4. The SMILES string of the molecule is CS(=O)(=O)NC(=O)CCC1CN(I)C1. The van der Waals surface area contributed by atoms with Crippen molar-refractivity contribution >= 4 is 38.8 Å². The van der Waals surface area contributed by atoms with E-state index in [9.17, 15) is 13.2 Å². The molecule has 0 radical (unpaired) electrons. The van der Waals surface area contributed by atoms with Crippen LogP contribution in [-0.2, 0) is 14.8 Å². The molecule has 1 heterocycles. The molecule has 1 aliphatic heterocycles. The highest BCUT2D eigenvalue weighted by Crippen LogP contribution is 2.23. The van der Waals surface area contributed by atoms with Crippen LogP contribution < -0.4 is 4.72 Å². The van der Waals surface area contributed by atoms with E-state index in [0.29, 0.717) is 12.3 Å². The third kappa shape index (κ3) is 4.56. The van der Waals surface area contributed by atoms with Gasteiger partial charge in [-0.3, -0.25) is 9.52 Å². The molecular weight excluding hydrogens is 319 g/mol. The van der Waals surface area contributed by atoms with Crippen molar-refractivity contribution in [3.8, 4) is 0 Å². The first-order valence-electron chi connectivity index (χ1n) is 4.28. The van der Waals surface area contributed by atoms with Crippen LogP contribution in [0.15, 0.2) is 0 Å². The number of amides is 1. The molecule has 0 aromatic rings. The van der Waals surface area contributed by atoms with Crippen LogP contribution in [0, 0.1) is 5.92 Å². The van der Waals surface area contributed by atoms with Gasteiger partial charge in [-0.25, -0.2) is 11.5 Å². The molecule has 0 aliphatic carbocycles. The number of hydrogen-bond donors (Lipinski definition) is 1. The summed E-state index contributed by atoms with van der Waals surface area (Å²) in [5.74, 6) is 0.136. The van der Waals surface area contributed by atoms with E-state index in [-0.39, 0.29) is 0 Å². The van der Waals surface area contributed by atoms with Gasteiger partial charge in [-0.15, -0.1) is 0 Å². The van der Waals surface area contributed by atoms with Crippen molar-refractivity contribution < 1.29 is 13.2 Å². The van der Waals surface area contributed by atoms with E-state index in [4.69, 9.17) is 0 Å². The van der Waals surface area contributed by atoms with Gasteiger partial charge in [0.25, 0.3) is 0 Å². The molecule has 14 heavy (non-hydrogen) atoms. The minimum absolute atomic E-state index is 0.294. The Morgan fingerprint density at radius 3 is 2.57 bits per heavy atom. The number of rotatable bonds is 4. The molecule has 0 atom stereocenters. The Hall–Kier alpha value is 0.110. The monoisotopic (exact) mass is 332 g/mol. The number of hydrogen-bond acceptors (Lipinski definition) is 4. The highest BCUT2D eigenvalue weighted by molar-refractivity contribution is 14.1. The van der Waals surface area contributed by atoms with Crippen molar-refractivity contribution in [3.05, 3.63) is 0 Å². The van der Waals surface area contributed by atoms with Gasteiger partial charge < -0.3 is 0 Å². The Morgan fingerprint density at radius 1 is 1.57 bits per heavy atom. The number of sulfonamides is 1. The Balaban J connectivity index is 2.16. The smallest absolute Gasteiger partial charge is 0.233 e. The van der Waals surface area contributed by atoms with Gasteiger partial charge in [0, 0.05) is 42.4 Å². The summed E-state index contributed by atoms with van der Waals surface area (Å²) in [6, 6.07) is 0. The quantitative estimate of drug-likeness (QED) is 0.587. The fourth-order valence-electron chi connectivity index (χ4n) is 1.28. The van der Waals surface area contributed by atoms with Crippen molar-refractivity contribution in [1.29, 1.82) is 0 Å². The maximum absolute atomic E-state index is 11.1. The minimum Gasteiger partial charge on any atom is -0.274 e. The van der Waals surface area contributed by atoms with Crippen LogP contribution in [0.5, 0.6) is 0 Å². The summed E-state index contributed by atoms with van der Waals surface area (Å²) in [7, 11) is -3.38. The first kappa shape index (κ1) is 12.2. The van der Waals surface area contributed by atoms with E-state index < -0.39 is 15.9 Å². The van der Waals surface area contributed by atoms with Crippen LogP contribution in [0.25, 0.3) is 0 Å². The molecule has 82 valence electrons. The molecule has 0 spiro atoms. The second-order valence-corrected chi connectivity index (χ2v) is 6.64. The van der Waals surface area contributed by atoms with Gasteiger partial charge in [-0.1, -0.05) is 0 Å². The van der Waals surface area contributed by atoms with Crippen LogP contribution in [0.4, 0.5) is 0 Å². The molecule has 0 aromatic heterocycles. The van der Waals surface area contributed by atoms with Crippen molar-refractivity contribution in [2.75, 3.05) is 19.3 Å². The molecule has 1 amide bonds. The second kappa shape index (κ2) is 4.75. The standard InChI is InChI=1S/C7H13IN2O3S/c1-14(12,13)9-7(11)3-2-6-4-10(8)5-6/h6H,2-5H2,1H3,(H,9,11). The first-order valence-corrected chi connectivity index (χ1v) is 7.14. The maximum Gasteiger partial charge on any atom is 0.233 e. The van der Waals surface area contributed by atoms with Gasteiger partial charge in [-0.05, 0) is 12.3 Å². The Labute approximate surface area is 97.8 Å². The van der Waals surface area contributed by atoms with Crippen LogP contribution in [0.2, 0.25) is 0 Å². The molecule has 5 nitrogen and oxygen atoms in total. The number of nitrogens with zero attached hydrogens (tertiary/aromatic N) is 1. The van der Waals surface area contributed by atoms with Crippen LogP contribution in [0.3, 0.4) is 0 Å². The molecule has 1 N–H and O–H groups in total. The fourth-order valence-corrected chi connectivity index (χ4v) is 2.91. The molecule has 0 saturated carbocycles. The lowest BCUT2D eigenvalue weighted by Gasteiger charge is -2.33. The number of nitrogens with one attached hydrogen (secondary N) is 1. The summed E-state index contributed by atoms with van der Waals surface area (Å²) >= 11 is 2.22. The maximum atomic E-state index is 11.1. The normalized spacial score (nSPS) is 19.0. The van der Waals surface area contributed by atoms with Crippen LogP contribution >= 0.6 is 22.9 Å². The summed E-state index contributed by atoms with van der Waals surface area (Å²) in [6.45, 7) is 1.99. The Kier molecular flexibility index (Phi) is 4.14. The lowest BCUT2D eigenvalue weighted by Crippen LogP contribution is -2.40. The number of carbonyl (C=O) groups is 1. The van der Waals surface area contributed by atoms with Gasteiger partial charge in [0.15, 0.2) is 0 Å². The summed E-state index contributed by atoms with van der Waals surface area (Å²) in [5, 5.41) is 0. The summed E-state index contributed by atoms with van der Waals surface area (Å²) in [6.07, 6.45) is 2.05. The van der Waals surface area contributed by atoms with E-state index in [0.717, 1.165) is 25.8 Å². The van der Waals surface area contributed by atoms with Gasteiger partial charge in [-0.2, -0.15) is 0 Å². The lowest BCUT2D eigenvalue weighted by molar-refractivity contribution is -0.119. The zero-order valence-corrected chi connectivity index (χ0v) is 10.8. The Bertz CT molecular complexity index is 311. The predicted octanol–water partition coefficient (Wildman–Crippen LogP) is 0.124. The van der Waals surface area contributed by atoms with Crippen molar-refractivity contribution in [3.63, 3.8) is 0 Å². The zero-order valence-electron chi connectivity index (χ0n) is 7.86.